The molecule has 0 N–H and O–H groups in total. The molecule has 12 heavy (non-hydrogen) atoms. The van der Waals surface area contributed by atoms with Crippen LogP contribution in [0.4, 0.5) is 0 Å². The van der Waals surface area contributed by atoms with Gasteiger partial charge in [0.2, 0.25) is 0 Å². The van der Waals surface area contributed by atoms with Crippen LogP contribution < -0.4 is 0 Å². The minimum atomic E-state index is 0.558. The maximum Gasteiger partial charge on any atom is 0.123 e. The molecule has 0 bridgehead atoms. The Balaban J connectivity index is 2.08. The second-order valence-electron chi connectivity index (χ2n) is 2.96. The number of aromatic nitrogens is 2. The summed E-state index contributed by atoms with van der Waals surface area (Å²) >= 11 is 2.23. The minimum Gasteiger partial charge on any atom is -0.381 e. The third-order valence-electron chi connectivity index (χ3n) is 2.14. The molecule has 1 aromatic rings. The Morgan fingerprint density at radius 1 is 1.50 bits per heavy atom. The lowest BCUT2D eigenvalue weighted by Gasteiger charge is -2.22. The molecule has 0 atom stereocenters. The summed E-state index contributed by atoms with van der Waals surface area (Å²) in [5, 5.41) is 4.38. The zero-order chi connectivity index (χ0) is 8.39. The Hall–Kier alpha value is -0.100. The Bertz CT molecular complexity index is 255. The zero-order valence-electron chi connectivity index (χ0n) is 6.74. The van der Waals surface area contributed by atoms with Crippen LogP contribution >= 0.6 is 22.6 Å². The van der Waals surface area contributed by atoms with Gasteiger partial charge in [-0.15, -0.1) is 0 Å². The van der Waals surface area contributed by atoms with Crippen molar-refractivity contribution in [1.29, 1.82) is 0 Å². The molecule has 0 aliphatic carbocycles. The Morgan fingerprint density at radius 2 is 2.25 bits per heavy atom. The van der Waals surface area contributed by atoms with Gasteiger partial charge in [-0.2, -0.15) is 5.10 Å². The predicted molar refractivity (Wildman–Crippen MR) is 54.0 cm³/mol. The highest BCUT2D eigenvalue weighted by Crippen LogP contribution is 2.19. The van der Waals surface area contributed by atoms with E-state index in [4.69, 9.17) is 4.74 Å². The molecule has 0 amide bonds. The van der Waals surface area contributed by atoms with Gasteiger partial charge in [0.05, 0.1) is 6.04 Å². The minimum absolute atomic E-state index is 0.558. The molecule has 0 radical (unpaired) electrons. The number of rotatable bonds is 1. The van der Waals surface area contributed by atoms with E-state index >= 15 is 0 Å². The van der Waals surface area contributed by atoms with E-state index in [0.29, 0.717) is 6.04 Å². The van der Waals surface area contributed by atoms with E-state index in [0.717, 1.165) is 29.8 Å². The van der Waals surface area contributed by atoms with Crippen molar-refractivity contribution in [2.24, 2.45) is 0 Å². The average molecular weight is 278 g/mol. The van der Waals surface area contributed by atoms with Crippen LogP contribution in [0.3, 0.4) is 0 Å². The van der Waals surface area contributed by atoms with Crippen LogP contribution in [0.25, 0.3) is 0 Å². The summed E-state index contributed by atoms with van der Waals surface area (Å²) in [6.45, 7) is 1.75. The fourth-order valence-corrected chi connectivity index (χ4v) is 1.88. The van der Waals surface area contributed by atoms with Gasteiger partial charge in [0, 0.05) is 19.4 Å². The SMILES string of the molecule is Ic1ccn(C2CCOCC2)n1. The summed E-state index contributed by atoms with van der Waals surface area (Å²) in [6, 6.07) is 2.60. The van der Waals surface area contributed by atoms with Crippen molar-refractivity contribution >= 4 is 22.6 Å². The van der Waals surface area contributed by atoms with Crippen LogP contribution in [0.1, 0.15) is 18.9 Å². The highest BCUT2D eigenvalue weighted by molar-refractivity contribution is 14.1. The van der Waals surface area contributed by atoms with Crippen molar-refractivity contribution < 1.29 is 4.74 Å². The van der Waals surface area contributed by atoms with E-state index in [2.05, 4.69) is 38.6 Å². The van der Waals surface area contributed by atoms with Gasteiger partial charge in [0.25, 0.3) is 0 Å². The molecule has 3 nitrogen and oxygen atoms in total. The molecule has 0 aromatic carbocycles. The number of hydrogen-bond acceptors (Lipinski definition) is 2. The van der Waals surface area contributed by atoms with Crippen molar-refractivity contribution in [2.75, 3.05) is 13.2 Å². The number of nitrogens with zero attached hydrogens (tertiary/aromatic N) is 2. The Kier molecular flexibility index (Phi) is 2.65. The molecule has 0 spiro atoms. The first-order valence-corrected chi connectivity index (χ1v) is 5.22. The summed E-state index contributed by atoms with van der Waals surface area (Å²) in [5.74, 6) is 0. The fourth-order valence-electron chi connectivity index (χ4n) is 1.47. The molecule has 2 rings (SSSR count). The summed E-state index contributed by atoms with van der Waals surface area (Å²) in [7, 11) is 0. The normalized spacial score (nSPS) is 19.8. The van der Waals surface area contributed by atoms with Gasteiger partial charge in [-0.25, -0.2) is 0 Å². The molecule has 1 fully saturated rings. The lowest BCUT2D eigenvalue weighted by atomic mass is 10.1. The molecule has 66 valence electrons. The summed E-state index contributed by atoms with van der Waals surface area (Å²) in [6.07, 6.45) is 4.24. The smallest absolute Gasteiger partial charge is 0.123 e. The van der Waals surface area contributed by atoms with Gasteiger partial charge >= 0.3 is 0 Å². The molecular formula is C8H11IN2O. The number of ether oxygens (including phenoxy) is 1. The third-order valence-corrected chi connectivity index (χ3v) is 2.72. The van der Waals surface area contributed by atoms with Gasteiger partial charge in [-0.05, 0) is 41.5 Å². The van der Waals surface area contributed by atoms with E-state index in [-0.39, 0.29) is 0 Å². The lowest BCUT2D eigenvalue weighted by Crippen LogP contribution is -2.19. The van der Waals surface area contributed by atoms with Gasteiger partial charge < -0.3 is 4.74 Å². The molecule has 0 unspecified atom stereocenters. The van der Waals surface area contributed by atoms with E-state index in [1.54, 1.807) is 0 Å². The van der Waals surface area contributed by atoms with Crippen LogP contribution in [0.2, 0.25) is 0 Å². The van der Waals surface area contributed by atoms with Crippen molar-refractivity contribution in [1.82, 2.24) is 9.78 Å². The lowest BCUT2D eigenvalue weighted by molar-refractivity contribution is 0.0661. The molecular weight excluding hydrogens is 267 g/mol. The van der Waals surface area contributed by atoms with Crippen LogP contribution in [-0.2, 0) is 4.74 Å². The molecule has 1 aliphatic rings. The Labute approximate surface area is 85.2 Å². The summed E-state index contributed by atoms with van der Waals surface area (Å²) in [5.41, 5.74) is 0. The molecule has 2 heterocycles. The molecule has 1 aliphatic heterocycles. The van der Waals surface area contributed by atoms with E-state index in [9.17, 15) is 0 Å². The van der Waals surface area contributed by atoms with Crippen LogP contribution in [0.5, 0.6) is 0 Å². The monoisotopic (exact) mass is 278 g/mol. The number of halogens is 1. The maximum atomic E-state index is 5.29. The van der Waals surface area contributed by atoms with Crippen molar-refractivity contribution in [3.63, 3.8) is 0 Å². The van der Waals surface area contributed by atoms with E-state index < -0.39 is 0 Å². The van der Waals surface area contributed by atoms with Crippen molar-refractivity contribution in [3.05, 3.63) is 16.0 Å². The zero-order valence-corrected chi connectivity index (χ0v) is 8.90. The second-order valence-corrected chi connectivity index (χ2v) is 4.07. The predicted octanol–water partition coefficient (Wildman–Crippen LogP) is 1.84. The largest absolute Gasteiger partial charge is 0.381 e. The average Bonchev–Trinajstić information content (AvgIpc) is 2.54. The van der Waals surface area contributed by atoms with E-state index in [1.807, 2.05) is 6.07 Å². The van der Waals surface area contributed by atoms with Crippen LogP contribution in [-0.4, -0.2) is 23.0 Å². The third kappa shape index (κ3) is 1.80. The topological polar surface area (TPSA) is 27.1 Å². The van der Waals surface area contributed by atoms with Gasteiger partial charge in [-0.1, -0.05) is 0 Å². The van der Waals surface area contributed by atoms with E-state index in [1.165, 1.54) is 0 Å². The van der Waals surface area contributed by atoms with Crippen molar-refractivity contribution in [3.8, 4) is 0 Å². The standard InChI is InChI=1S/C8H11IN2O/c9-8-1-4-11(10-8)7-2-5-12-6-3-7/h1,4,7H,2-3,5-6H2. The first-order chi connectivity index (χ1) is 5.86. The highest BCUT2D eigenvalue weighted by atomic mass is 127. The second kappa shape index (κ2) is 3.74. The van der Waals surface area contributed by atoms with Gasteiger partial charge in [-0.3, -0.25) is 4.68 Å². The fraction of sp³-hybridized carbons (Fsp3) is 0.625. The highest BCUT2D eigenvalue weighted by Gasteiger charge is 2.15. The summed E-state index contributed by atoms with van der Waals surface area (Å²) < 4.78 is 8.41. The first kappa shape index (κ1) is 8.50. The molecule has 1 aromatic heterocycles. The molecule has 1 saturated heterocycles. The maximum absolute atomic E-state index is 5.29. The summed E-state index contributed by atoms with van der Waals surface area (Å²) in [4.78, 5) is 0. The van der Waals surface area contributed by atoms with Crippen LogP contribution in [0, 0.1) is 3.70 Å². The Morgan fingerprint density at radius 3 is 2.83 bits per heavy atom. The number of hydrogen-bond donors (Lipinski definition) is 0. The van der Waals surface area contributed by atoms with Gasteiger partial charge in [0.1, 0.15) is 3.70 Å². The molecule has 0 saturated carbocycles. The molecule has 4 heteroatoms. The first-order valence-electron chi connectivity index (χ1n) is 4.14. The van der Waals surface area contributed by atoms with Gasteiger partial charge in [0.15, 0.2) is 0 Å². The van der Waals surface area contributed by atoms with Crippen LogP contribution in [0.15, 0.2) is 12.3 Å². The van der Waals surface area contributed by atoms with Crippen molar-refractivity contribution in [2.45, 2.75) is 18.9 Å². The quantitative estimate of drug-likeness (QED) is 0.733.